The topological polar surface area (TPSA) is 35.5 Å². The van der Waals surface area contributed by atoms with Gasteiger partial charge in [0.25, 0.3) is 0 Å². The molecule has 2 fully saturated rings. The van der Waals surface area contributed by atoms with Crippen LogP contribution in [0.25, 0.3) is 0 Å². The van der Waals surface area contributed by atoms with Crippen molar-refractivity contribution in [3.8, 4) is 0 Å². The lowest BCUT2D eigenvalue weighted by molar-refractivity contribution is 0.0469. The zero-order chi connectivity index (χ0) is 10.2. The van der Waals surface area contributed by atoms with Crippen molar-refractivity contribution in [1.82, 2.24) is 10.2 Å². The number of hydrogen-bond acceptors (Lipinski definition) is 3. The molecule has 3 heteroatoms. The first-order valence-corrected chi connectivity index (χ1v) is 5.77. The van der Waals surface area contributed by atoms with Crippen LogP contribution < -0.4 is 5.32 Å². The third kappa shape index (κ3) is 1.95. The zero-order valence-electron chi connectivity index (χ0n) is 9.29. The minimum absolute atomic E-state index is 0.0521. The number of rotatable bonds is 1. The fourth-order valence-corrected chi connectivity index (χ4v) is 2.85. The first-order chi connectivity index (χ1) is 6.59. The molecule has 3 nitrogen and oxygen atoms in total. The van der Waals surface area contributed by atoms with Gasteiger partial charge in [0, 0.05) is 24.7 Å². The van der Waals surface area contributed by atoms with Gasteiger partial charge in [0.1, 0.15) is 0 Å². The summed E-state index contributed by atoms with van der Waals surface area (Å²) in [6.45, 7) is 7.84. The first kappa shape index (κ1) is 10.4. The van der Waals surface area contributed by atoms with Gasteiger partial charge in [-0.2, -0.15) is 0 Å². The Kier molecular flexibility index (Phi) is 2.82. The van der Waals surface area contributed by atoms with Crippen LogP contribution in [0.4, 0.5) is 0 Å². The van der Waals surface area contributed by atoms with E-state index in [1.165, 1.54) is 6.42 Å². The summed E-state index contributed by atoms with van der Waals surface area (Å²) in [5.74, 6) is 0. The normalized spacial score (nSPS) is 34.9. The summed E-state index contributed by atoms with van der Waals surface area (Å²) in [6.07, 6.45) is 3.10. The largest absolute Gasteiger partial charge is 0.393 e. The lowest BCUT2D eigenvalue weighted by Crippen LogP contribution is -2.53. The number of likely N-dealkylation sites (tertiary alicyclic amines) is 1. The van der Waals surface area contributed by atoms with E-state index in [1.54, 1.807) is 0 Å². The molecule has 2 N–H and O–H groups in total. The zero-order valence-corrected chi connectivity index (χ0v) is 9.29. The van der Waals surface area contributed by atoms with Crippen LogP contribution in [-0.2, 0) is 0 Å². The van der Waals surface area contributed by atoms with E-state index in [4.69, 9.17) is 0 Å². The van der Waals surface area contributed by atoms with Crippen LogP contribution in [0.3, 0.4) is 0 Å². The van der Waals surface area contributed by atoms with Crippen LogP contribution in [-0.4, -0.2) is 47.3 Å². The first-order valence-electron chi connectivity index (χ1n) is 5.77. The van der Waals surface area contributed by atoms with Crippen LogP contribution >= 0.6 is 0 Å². The second-order valence-corrected chi connectivity index (χ2v) is 5.22. The highest BCUT2D eigenvalue weighted by molar-refractivity contribution is 4.99. The SMILES string of the molecule is CC1(C)NCC[C@H]1N1CCC(O)CC1. The molecule has 0 aliphatic carbocycles. The van der Waals surface area contributed by atoms with Crippen molar-refractivity contribution < 1.29 is 5.11 Å². The Morgan fingerprint density at radius 2 is 1.86 bits per heavy atom. The van der Waals surface area contributed by atoms with Crippen LogP contribution in [0.1, 0.15) is 33.1 Å². The summed E-state index contributed by atoms with van der Waals surface area (Å²) in [5.41, 5.74) is 0.252. The Morgan fingerprint density at radius 1 is 1.21 bits per heavy atom. The smallest absolute Gasteiger partial charge is 0.0564 e. The molecule has 0 aromatic heterocycles. The van der Waals surface area contributed by atoms with E-state index in [0.29, 0.717) is 6.04 Å². The molecule has 2 heterocycles. The number of aliphatic hydroxyl groups is 1. The second kappa shape index (κ2) is 3.80. The maximum atomic E-state index is 9.46. The summed E-state index contributed by atoms with van der Waals surface area (Å²) in [7, 11) is 0. The molecule has 0 aromatic carbocycles. The highest BCUT2D eigenvalue weighted by Crippen LogP contribution is 2.26. The van der Waals surface area contributed by atoms with Gasteiger partial charge in [-0.15, -0.1) is 0 Å². The van der Waals surface area contributed by atoms with Gasteiger partial charge in [0.05, 0.1) is 6.10 Å². The van der Waals surface area contributed by atoms with Gasteiger partial charge in [-0.05, 0) is 39.7 Å². The number of hydrogen-bond donors (Lipinski definition) is 2. The lowest BCUT2D eigenvalue weighted by Gasteiger charge is -2.40. The maximum Gasteiger partial charge on any atom is 0.0564 e. The van der Waals surface area contributed by atoms with Gasteiger partial charge in [0.2, 0.25) is 0 Å². The summed E-state index contributed by atoms with van der Waals surface area (Å²) in [6, 6.07) is 0.662. The number of aliphatic hydroxyl groups excluding tert-OH is 1. The van der Waals surface area contributed by atoms with E-state index in [2.05, 4.69) is 24.1 Å². The average molecular weight is 198 g/mol. The van der Waals surface area contributed by atoms with E-state index in [0.717, 1.165) is 32.5 Å². The van der Waals surface area contributed by atoms with Gasteiger partial charge in [-0.3, -0.25) is 4.90 Å². The van der Waals surface area contributed by atoms with Crippen LogP contribution in [0.2, 0.25) is 0 Å². The third-order valence-electron chi connectivity index (χ3n) is 3.77. The monoisotopic (exact) mass is 198 g/mol. The Bertz CT molecular complexity index is 197. The predicted octanol–water partition coefficient (Wildman–Crippen LogP) is 0.584. The minimum atomic E-state index is -0.0521. The van der Waals surface area contributed by atoms with Crippen LogP contribution in [0.15, 0.2) is 0 Å². The number of nitrogens with one attached hydrogen (secondary N) is 1. The Labute approximate surface area is 86.5 Å². The fourth-order valence-electron chi connectivity index (χ4n) is 2.85. The molecule has 2 rings (SSSR count). The maximum absolute atomic E-state index is 9.46. The summed E-state index contributed by atoms with van der Waals surface area (Å²) in [4.78, 5) is 2.55. The van der Waals surface area contributed by atoms with Gasteiger partial charge in [-0.1, -0.05) is 0 Å². The highest BCUT2D eigenvalue weighted by Gasteiger charge is 2.38. The molecule has 1 atom stereocenters. The molecule has 0 radical (unpaired) electrons. The summed E-state index contributed by atoms with van der Waals surface area (Å²) < 4.78 is 0. The van der Waals surface area contributed by atoms with E-state index in [-0.39, 0.29) is 11.6 Å². The molecule has 0 saturated carbocycles. The average Bonchev–Trinajstić information content (AvgIpc) is 2.47. The van der Waals surface area contributed by atoms with Gasteiger partial charge in [-0.25, -0.2) is 0 Å². The van der Waals surface area contributed by atoms with Gasteiger partial charge in [0.15, 0.2) is 0 Å². The molecule has 0 spiro atoms. The quantitative estimate of drug-likeness (QED) is 0.647. The fraction of sp³-hybridized carbons (Fsp3) is 1.00. The van der Waals surface area contributed by atoms with Crippen molar-refractivity contribution in [1.29, 1.82) is 0 Å². The lowest BCUT2D eigenvalue weighted by atomic mass is 9.93. The molecule has 0 unspecified atom stereocenters. The Hall–Kier alpha value is -0.120. The van der Waals surface area contributed by atoms with E-state index < -0.39 is 0 Å². The van der Waals surface area contributed by atoms with E-state index in [9.17, 15) is 5.11 Å². The molecular formula is C11H22N2O. The van der Waals surface area contributed by atoms with Crippen LogP contribution in [0.5, 0.6) is 0 Å². The molecule has 2 saturated heterocycles. The number of nitrogens with zero attached hydrogens (tertiary/aromatic N) is 1. The van der Waals surface area contributed by atoms with E-state index >= 15 is 0 Å². The van der Waals surface area contributed by atoms with Crippen molar-refractivity contribution in [2.75, 3.05) is 19.6 Å². The third-order valence-corrected chi connectivity index (χ3v) is 3.77. The Morgan fingerprint density at radius 3 is 2.36 bits per heavy atom. The molecule has 2 aliphatic rings. The van der Waals surface area contributed by atoms with Crippen molar-refractivity contribution in [3.63, 3.8) is 0 Å². The van der Waals surface area contributed by atoms with Gasteiger partial charge < -0.3 is 10.4 Å². The van der Waals surface area contributed by atoms with E-state index in [1.807, 2.05) is 0 Å². The van der Waals surface area contributed by atoms with Crippen molar-refractivity contribution in [2.24, 2.45) is 0 Å². The summed E-state index contributed by atoms with van der Waals surface area (Å²) >= 11 is 0. The highest BCUT2D eigenvalue weighted by atomic mass is 16.3. The van der Waals surface area contributed by atoms with Gasteiger partial charge >= 0.3 is 0 Å². The van der Waals surface area contributed by atoms with Crippen molar-refractivity contribution in [3.05, 3.63) is 0 Å². The Balaban J connectivity index is 1.95. The second-order valence-electron chi connectivity index (χ2n) is 5.22. The predicted molar refractivity (Wildman–Crippen MR) is 57.3 cm³/mol. The molecular weight excluding hydrogens is 176 g/mol. The molecule has 0 aromatic rings. The molecule has 2 aliphatic heterocycles. The standard InChI is InChI=1S/C11H22N2O/c1-11(2)10(3-6-12-11)13-7-4-9(14)5-8-13/h9-10,12,14H,3-8H2,1-2H3/t10-/m1/s1. The molecule has 14 heavy (non-hydrogen) atoms. The molecule has 0 bridgehead atoms. The molecule has 0 amide bonds. The van der Waals surface area contributed by atoms with Crippen LogP contribution in [0, 0.1) is 0 Å². The van der Waals surface area contributed by atoms with Crippen molar-refractivity contribution >= 4 is 0 Å². The van der Waals surface area contributed by atoms with Crippen molar-refractivity contribution in [2.45, 2.75) is 50.8 Å². The summed E-state index contributed by atoms with van der Waals surface area (Å²) in [5, 5.41) is 13.0. The molecule has 82 valence electrons. The number of piperidine rings is 1. The minimum Gasteiger partial charge on any atom is -0.393 e.